The summed E-state index contributed by atoms with van der Waals surface area (Å²) in [6.07, 6.45) is 0. The Balaban J connectivity index is 3.59. The maximum Gasteiger partial charge on any atom is 0.317 e. The van der Waals surface area contributed by atoms with Crippen molar-refractivity contribution in [2.45, 2.75) is 117 Å². The van der Waals surface area contributed by atoms with Gasteiger partial charge in [0.2, 0.25) is 0 Å². The van der Waals surface area contributed by atoms with Crippen molar-refractivity contribution in [3.63, 3.8) is 0 Å². The molecule has 0 spiro atoms. The number of hydrogen-bond donors (Lipinski definition) is 0. The van der Waals surface area contributed by atoms with E-state index >= 15 is 0 Å². The van der Waals surface area contributed by atoms with E-state index < -0.39 is 51.4 Å². The molecule has 1 fully saturated rings. The summed E-state index contributed by atoms with van der Waals surface area (Å²) in [5.41, 5.74) is 0. The lowest BCUT2D eigenvalue weighted by molar-refractivity contribution is 0.226. The van der Waals surface area contributed by atoms with Gasteiger partial charge in [-0.3, -0.25) is 0 Å². The van der Waals surface area contributed by atoms with Gasteiger partial charge in [0.05, 0.1) is 0 Å². The first-order valence-corrected chi connectivity index (χ1v) is 27.0. The van der Waals surface area contributed by atoms with E-state index in [0.29, 0.717) is 0 Å². The largest absolute Gasteiger partial charge is 0.416 e. The Morgan fingerprint density at radius 2 is 0.400 bits per heavy atom. The van der Waals surface area contributed by atoms with E-state index in [-0.39, 0.29) is 0 Å². The maximum absolute atomic E-state index is 6.93. The normalized spacial score (nSPS) is 46.8. The van der Waals surface area contributed by atoms with E-state index in [2.05, 4.69) is 80.8 Å². The van der Waals surface area contributed by atoms with Crippen molar-refractivity contribution in [3.8, 4) is 0 Å². The summed E-state index contributed by atoms with van der Waals surface area (Å²) in [5, 5.41) is 0. The van der Waals surface area contributed by atoms with Crippen LogP contribution >= 0.6 is 0 Å². The molecule has 0 aromatic rings. The Morgan fingerprint density at radius 1 is 0.300 bits per heavy atom. The van der Waals surface area contributed by atoms with E-state index in [1.54, 1.807) is 0 Å². The average molecular weight is 529 g/mol. The topological polar surface area (TPSA) is 55.4 Å². The van der Waals surface area contributed by atoms with Crippen molar-refractivity contribution in [1.82, 2.24) is 0 Å². The molecule has 0 amide bonds. The summed E-state index contributed by atoms with van der Waals surface area (Å²) in [6.45, 7) is 26.2. The third-order valence-corrected chi connectivity index (χ3v) is 34.9. The van der Waals surface area contributed by atoms with Crippen molar-refractivity contribution in [1.29, 1.82) is 0 Å². The quantitative estimate of drug-likeness (QED) is 0.360. The second-order valence-electron chi connectivity index (χ2n) is 9.54. The van der Waals surface area contributed by atoms with Crippen LogP contribution in [-0.2, 0) is 24.7 Å². The third-order valence-electron chi connectivity index (χ3n) is 6.44. The van der Waals surface area contributed by atoms with Crippen LogP contribution in [0.5, 0.6) is 0 Å². The zero-order chi connectivity index (χ0) is 23.5. The molecule has 0 atom stereocenters. The van der Waals surface area contributed by atoms with Crippen molar-refractivity contribution in [3.05, 3.63) is 0 Å². The summed E-state index contributed by atoms with van der Waals surface area (Å²) in [6, 6.07) is 5.27. The van der Waals surface area contributed by atoms with Gasteiger partial charge in [0.1, 0.15) is 0 Å². The lowest BCUT2D eigenvalue weighted by Gasteiger charge is -2.49. The highest BCUT2D eigenvalue weighted by atomic mass is 28.5. The molecule has 0 radical (unpaired) electrons. The predicted octanol–water partition coefficient (Wildman–Crippen LogP) is 6.65. The van der Waals surface area contributed by atoms with Crippen molar-refractivity contribution >= 4 is 51.4 Å². The van der Waals surface area contributed by atoms with Crippen LogP contribution in [0.2, 0.25) is 75.5 Å². The monoisotopic (exact) mass is 528 g/mol. The minimum absolute atomic E-state index is 0.878. The zero-order valence-electron chi connectivity index (χ0n) is 21.7. The fraction of sp³-hybridized carbons (Fsp3) is 1.00. The van der Waals surface area contributed by atoms with Crippen molar-refractivity contribution in [2.24, 2.45) is 0 Å². The zero-order valence-corrected chi connectivity index (χ0v) is 27.7. The highest BCUT2D eigenvalue weighted by molar-refractivity contribution is 6.94. The minimum Gasteiger partial charge on any atom is -0.416 e. The smallest absolute Gasteiger partial charge is 0.317 e. The summed E-state index contributed by atoms with van der Waals surface area (Å²) < 4.78 is 41.6. The number of rotatable bonds is 6. The molecule has 1 aliphatic heterocycles. The van der Waals surface area contributed by atoms with Crippen LogP contribution in [0.15, 0.2) is 0 Å². The Kier molecular flexibility index (Phi) is 10.2. The first-order chi connectivity index (χ1) is 13.6. The Morgan fingerprint density at radius 3 is 0.467 bits per heavy atom. The van der Waals surface area contributed by atoms with Crippen LogP contribution in [-0.4, -0.2) is 51.4 Å². The third kappa shape index (κ3) is 7.55. The second kappa shape index (κ2) is 10.5. The highest BCUT2D eigenvalue weighted by Gasteiger charge is 2.55. The van der Waals surface area contributed by atoms with Gasteiger partial charge in [0.25, 0.3) is 0 Å². The molecule has 180 valence electrons. The van der Waals surface area contributed by atoms with Gasteiger partial charge in [-0.05, 0) is 75.5 Å². The molecule has 0 saturated carbocycles. The SMILES string of the molecule is CC[Si]1(C)O[Si](C)(CC)O[Si](C)(CC)O[Si](C)(CC)O[Si](C)(CC)O[Si](C)(CC)O1. The molecule has 1 heterocycles. The first-order valence-electron chi connectivity index (χ1n) is 11.8. The van der Waals surface area contributed by atoms with E-state index in [4.69, 9.17) is 24.7 Å². The van der Waals surface area contributed by atoms with Gasteiger partial charge in [0.15, 0.2) is 0 Å². The van der Waals surface area contributed by atoms with E-state index in [0.717, 1.165) is 36.3 Å². The van der Waals surface area contributed by atoms with Crippen molar-refractivity contribution in [2.75, 3.05) is 0 Å². The molecule has 0 aliphatic carbocycles. The standard InChI is InChI=1S/C18H48O6Si6/c1-13-25(7)19-26(8,14-2)21-28(10,16-4)23-30(12,18-6)24-29(11,17-5)22-27(9,15-3)20-25/h13-18H2,1-12H3. The predicted molar refractivity (Wildman–Crippen MR) is 139 cm³/mol. The molecule has 6 nitrogen and oxygen atoms in total. The van der Waals surface area contributed by atoms with Gasteiger partial charge < -0.3 is 24.7 Å². The van der Waals surface area contributed by atoms with Crippen LogP contribution in [0.1, 0.15) is 41.5 Å². The Hall–Kier alpha value is 1.06. The molecular weight excluding hydrogens is 481 g/mol. The molecule has 0 aromatic carbocycles. The molecule has 12 heteroatoms. The fourth-order valence-corrected chi connectivity index (χ4v) is 35.8. The molecule has 1 rings (SSSR count). The van der Waals surface area contributed by atoms with Crippen LogP contribution in [0.25, 0.3) is 0 Å². The van der Waals surface area contributed by atoms with Gasteiger partial charge in [-0.1, -0.05) is 41.5 Å². The molecular formula is C18H48O6Si6. The summed E-state index contributed by atoms with van der Waals surface area (Å²) >= 11 is 0. The molecule has 0 bridgehead atoms. The van der Waals surface area contributed by atoms with Crippen LogP contribution in [0.3, 0.4) is 0 Å². The molecule has 0 unspecified atom stereocenters. The molecule has 0 aromatic heterocycles. The molecule has 1 aliphatic rings. The van der Waals surface area contributed by atoms with Crippen LogP contribution in [0.4, 0.5) is 0 Å². The lowest BCUT2D eigenvalue weighted by atomic mass is 11.0. The van der Waals surface area contributed by atoms with E-state index in [1.807, 2.05) is 0 Å². The van der Waals surface area contributed by atoms with Gasteiger partial charge in [-0.2, -0.15) is 0 Å². The van der Waals surface area contributed by atoms with Gasteiger partial charge in [0, 0.05) is 0 Å². The van der Waals surface area contributed by atoms with E-state index in [1.165, 1.54) is 0 Å². The summed E-state index contributed by atoms with van der Waals surface area (Å²) in [5.74, 6) is 0. The minimum atomic E-state index is -2.48. The van der Waals surface area contributed by atoms with Gasteiger partial charge in [-0.25, -0.2) is 0 Å². The van der Waals surface area contributed by atoms with Crippen LogP contribution < -0.4 is 0 Å². The van der Waals surface area contributed by atoms with Crippen LogP contribution in [0, 0.1) is 0 Å². The lowest BCUT2D eigenvalue weighted by Crippen LogP contribution is -2.66. The first kappa shape index (κ1) is 29.1. The van der Waals surface area contributed by atoms with E-state index in [9.17, 15) is 0 Å². The second-order valence-corrected chi connectivity index (χ2v) is 32.3. The highest BCUT2D eigenvalue weighted by Crippen LogP contribution is 2.37. The molecule has 30 heavy (non-hydrogen) atoms. The Labute approximate surface area is 192 Å². The molecule has 0 N–H and O–H groups in total. The van der Waals surface area contributed by atoms with Gasteiger partial charge >= 0.3 is 51.4 Å². The van der Waals surface area contributed by atoms with Gasteiger partial charge in [-0.15, -0.1) is 0 Å². The number of hydrogen-bond acceptors (Lipinski definition) is 6. The van der Waals surface area contributed by atoms with Crippen molar-refractivity contribution < 1.29 is 24.7 Å². The fourth-order valence-electron chi connectivity index (χ4n) is 3.73. The maximum atomic E-state index is 6.93. The average Bonchev–Trinajstić information content (AvgIpc) is 2.66. The summed E-state index contributed by atoms with van der Waals surface area (Å²) in [4.78, 5) is 0. The molecule has 1 saturated heterocycles. The summed E-state index contributed by atoms with van der Waals surface area (Å²) in [7, 11) is -14.9. The Bertz CT molecular complexity index is 429.